The summed E-state index contributed by atoms with van der Waals surface area (Å²) in [5.41, 5.74) is 0.689. The normalized spacial score (nSPS) is 17.7. The highest BCUT2D eigenvalue weighted by Gasteiger charge is 2.49. The first-order chi connectivity index (χ1) is 10.9. The summed E-state index contributed by atoms with van der Waals surface area (Å²) in [4.78, 5) is 13.0. The van der Waals surface area contributed by atoms with Crippen molar-refractivity contribution in [2.24, 2.45) is 0 Å². The minimum absolute atomic E-state index is 0.0551. The van der Waals surface area contributed by atoms with Gasteiger partial charge in [0.25, 0.3) is 0 Å². The lowest BCUT2D eigenvalue weighted by atomic mass is 9.99. The molecule has 0 fully saturated rings. The largest absolute Gasteiger partial charge is 0.413 e. The van der Waals surface area contributed by atoms with Gasteiger partial charge in [-0.25, -0.2) is 4.79 Å². The van der Waals surface area contributed by atoms with Crippen molar-refractivity contribution in [1.82, 2.24) is 4.90 Å². The van der Waals surface area contributed by atoms with Gasteiger partial charge in [-0.2, -0.15) is 13.2 Å². The average Bonchev–Trinajstić information content (AvgIpc) is 2.48. The van der Waals surface area contributed by atoms with Gasteiger partial charge in [0, 0.05) is 22.8 Å². The second kappa shape index (κ2) is 5.77. The van der Waals surface area contributed by atoms with Gasteiger partial charge >= 0.3 is 12.2 Å². The van der Waals surface area contributed by atoms with E-state index in [1.54, 1.807) is 30.3 Å². The Labute approximate surface area is 135 Å². The third kappa shape index (κ3) is 3.12. The van der Waals surface area contributed by atoms with Gasteiger partial charge in [-0.05, 0) is 23.8 Å². The summed E-state index contributed by atoms with van der Waals surface area (Å²) >= 11 is 5.84. The number of carbonyl (C=O) groups is 1. The molecular formula is C16H12ClF3N2O. The Morgan fingerprint density at radius 1 is 1.13 bits per heavy atom. The lowest BCUT2D eigenvalue weighted by molar-refractivity contribution is -0.179. The minimum Gasteiger partial charge on any atom is -0.307 e. The van der Waals surface area contributed by atoms with Crippen molar-refractivity contribution >= 4 is 23.3 Å². The van der Waals surface area contributed by atoms with Gasteiger partial charge in [0.15, 0.2) is 6.04 Å². The van der Waals surface area contributed by atoms with Crippen LogP contribution in [0.3, 0.4) is 0 Å². The minimum atomic E-state index is -4.61. The van der Waals surface area contributed by atoms with E-state index in [1.165, 1.54) is 18.2 Å². The van der Waals surface area contributed by atoms with Crippen LogP contribution in [0.1, 0.15) is 17.2 Å². The van der Waals surface area contributed by atoms with Crippen LogP contribution in [0.2, 0.25) is 5.02 Å². The maximum atomic E-state index is 13.6. The number of halogens is 4. The number of hydrogen-bond donors (Lipinski definition) is 1. The van der Waals surface area contributed by atoms with Crippen molar-refractivity contribution in [1.29, 1.82) is 0 Å². The van der Waals surface area contributed by atoms with E-state index < -0.39 is 18.2 Å². The van der Waals surface area contributed by atoms with Crippen LogP contribution in [0.4, 0.5) is 23.7 Å². The van der Waals surface area contributed by atoms with Gasteiger partial charge in [-0.15, -0.1) is 0 Å². The van der Waals surface area contributed by atoms with Crippen molar-refractivity contribution in [2.75, 3.05) is 5.32 Å². The number of rotatable bonds is 2. The topological polar surface area (TPSA) is 32.3 Å². The molecule has 1 aliphatic rings. The van der Waals surface area contributed by atoms with E-state index in [-0.39, 0.29) is 22.8 Å². The van der Waals surface area contributed by atoms with Gasteiger partial charge in [0.2, 0.25) is 0 Å². The molecule has 2 amide bonds. The summed E-state index contributed by atoms with van der Waals surface area (Å²) in [5.74, 6) is 0. The molecular weight excluding hydrogens is 329 g/mol. The molecule has 0 saturated carbocycles. The summed E-state index contributed by atoms with van der Waals surface area (Å²) in [6.07, 6.45) is -4.61. The van der Waals surface area contributed by atoms with E-state index in [1.807, 2.05) is 0 Å². The Bertz CT molecular complexity index is 734. The van der Waals surface area contributed by atoms with Crippen LogP contribution in [0.15, 0.2) is 48.5 Å². The number of alkyl halides is 3. The van der Waals surface area contributed by atoms with Crippen molar-refractivity contribution in [3.05, 3.63) is 64.7 Å². The quantitative estimate of drug-likeness (QED) is 0.820. The molecule has 7 heteroatoms. The SMILES string of the molecule is O=C1Nc2ccc(Cl)cc2[C@@H](C(F)(F)F)N1Cc1ccccc1. The van der Waals surface area contributed by atoms with Crippen LogP contribution in [0.5, 0.6) is 0 Å². The molecule has 0 unspecified atom stereocenters. The van der Waals surface area contributed by atoms with Gasteiger partial charge in [-0.3, -0.25) is 0 Å². The first-order valence-electron chi connectivity index (χ1n) is 6.84. The van der Waals surface area contributed by atoms with Crippen LogP contribution < -0.4 is 5.32 Å². The molecule has 0 aromatic heterocycles. The van der Waals surface area contributed by atoms with E-state index >= 15 is 0 Å². The monoisotopic (exact) mass is 340 g/mol. The zero-order chi connectivity index (χ0) is 16.6. The summed E-state index contributed by atoms with van der Waals surface area (Å²) < 4.78 is 40.8. The Hall–Kier alpha value is -2.21. The van der Waals surface area contributed by atoms with Crippen molar-refractivity contribution in [2.45, 2.75) is 18.8 Å². The molecule has 0 saturated heterocycles. The van der Waals surface area contributed by atoms with E-state index in [2.05, 4.69) is 5.32 Å². The number of nitrogens with one attached hydrogen (secondary N) is 1. The predicted molar refractivity (Wildman–Crippen MR) is 81.3 cm³/mol. The molecule has 3 rings (SSSR count). The second-order valence-corrected chi connectivity index (χ2v) is 5.66. The molecule has 0 spiro atoms. The Morgan fingerprint density at radius 3 is 2.48 bits per heavy atom. The van der Waals surface area contributed by atoms with Crippen LogP contribution in [-0.2, 0) is 6.54 Å². The molecule has 1 N–H and O–H groups in total. The van der Waals surface area contributed by atoms with E-state index in [0.29, 0.717) is 5.56 Å². The molecule has 1 aliphatic heterocycles. The fourth-order valence-corrected chi connectivity index (χ4v) is 2.82. The highest BCUT2D eigenvalue weighted by atomic mass is 35.5. The third-order valence-electron chi connectivity index (χ3n) is 3.63. The third-order valence-corrected chi connectivity index (χ3v) is 3.86. The van der Waals surface area contributed by atoms with Gasteiger partial charge < -0.3 is 10.2 Å². The lowest BCUT2D eigenvalue weighted by Gasteiger charge is -2.38. The molecule has 1 atom stereocenters. The number of amides is 2. The molecule has 2 aromatic carbocycles. The molecule has 2 aromatic rings. The van der Waals surface area contributed by atoms with Crippen LogP contribution in [0, 0.1) is 0 Å². The van der Waals surface area contributed by atoms with Crippen LogP contribution in [0.25, 0.3) is 0 Å². The number of fused-ring (bicyclic) bond motifs is 1. The highest BCUT2D eigenvalue weighted by molar-refractivity contribution is 6.30. The fraction of sp³-hybridized carbons (Fsp3) is 0.188. The molecule has 0 radical (unpaired) electrons. The van der Waals surface area contributed by atoms with Gasteiger partial charge in [0.1, 0.15) is 0 Å². The van der Waals surface area contributed by atoms with Crippen LogP contribution >= 0.6 is 11.6 Å². The summed E-state index contributed by atoms with van der Waals surface area (Å²) in [6.45, 7) is -0.150. The molecule has 23 heavy (non-hydrogen) atoms. The number of anilines is 1. The van der Waals surface area contributed by atoms with Crippen LogP contribution in [-0.4, -0.2) is 17.1 Å². The van der Waals surface area contributed by atoms with Crippen molar-refractivity contribution in [3.8, 4) is 0 Å². The summed E-state index contributed by atoms with van der Waals surface area (Å²) in [6, 6.07) is 9.78. The molecule has 3 nitrogen and oxygen atoms in total. The maximum Gasteiger partial charge on any atom is 0.413 e. The number of benzene rings is 2. The zero-order valence-electron chi connectivity index (χ0n) is 11.8. The first kappa shape index (κ1) is 15.7. The van der Waals surface area contributed by atoms with Crippen molar-refractivity contribution in [3.63, 3.8) is 0 Å². The Kier molecular flexibility index (Phi) is 3.93. The maximum absolute atomic E-state index is 13.6. The molecule has 0 aliphatic carbocycles. The fourth-order valence-electron chi connectivity index (χ4n) is 2.64. The number of urea groups is 1. The highest BCUT2D eigenvalue weighted by Crippen LogP contribution is 2.44. The van der Waals surface area contributed by atoms with Gasteiger partial charge in [0.05, 0.1) is 0 Å². The Balaban J connectivity index is 2.05. The average molecular weight is 341 g/mol. The van der Waals surface area contributed by atoms with E-state index in [9.17, 15) is 18.0 Å². The number of carbonyl (C=O) groups excluding carboxylic acids is 1. The molecule has 120 valence electrons. The van der Waals surface area contributed by atoms with E-state index in [0.717, 1.165) is 4.90 Å². The zero-order valence-corrected chi connectivity index (χ0v) is 12.5. The summed E-state index contributed by atoms with van der Waals surface area (Å²) in [7, 11) is 0. The predicted octanol–water partition coefficient (Wildman–Crippen LogP) is 4.99. The number of hydrogen-bond acceptors (Lipinski definition) is 1. The standard InChI is InChI=1S/C16H12ClF3N2O/c17-11-6-7-13-12(8-11)14(16(18,19)20)22(15(23)21-13)9-10-4-2-1-3-5-10/h1-8,14H,9H2,(H,21,23)/t14-/m0/s1. The lowest BCUT2D eigenvalue weighted by Crippen LogP contribution is -2.47. The van der Waals surface area contributed by atoms with Gasteiger partial charge in [-0.1, -0.05) is 41.9 Å². The molecule has 1 heterocycles. The van der Waals surface area contributed by atoms with Crippen molar-refractivity contribution < 1.29 is 18.0 Å². The summed E-state index contributed by atoms with van der Waals surface area (Å²) in [5, 5.41) is 2.68. The molecule has 0 bridgehead atoms. The Morgan fingerprint density at radius 2 is 1.83 bits per heavy atom. The number of nitrogens with zero attached hydrogens (tertiary/aromatic N) is 1. The first-order valence-corrected chi connectivity index (χ1v) is 7.22. The second-order valence-electron chi connectivity index (χ2n) is 5.22. The van der Waals surface area contributed by atoms with E-state index in [4.69, 9.17) is 11.6 Å². The smallest absolute Gasteiger partial charge is 0.307 e.